The molecule has 11 heteroatoms. The van der Waals surface area contributed by atoms with Crippen LogP contribution in [0.4, 0.5) is 0 Å². The predicted octanol–water partition coefficient (Wildman–Crippen LogP) is -0.860. The summed E-state index contributed by atoms with van der Waals surface area (Å²) in [5.41, 5.74) is 6.43. The molecule has 0 radical (unpaired) electrons. The number of fused-ring (bicyclic) bond motifs is 1. The van der Waals surface area contributed by atoms with Crippen molar-refractivity contribution in [2.24, 2.45) is 5.73 Å². The van der Waals surface area contributed by atoms with Gasteiger partial charge in [-0.3, -0.25) is 19.2 Å². The van der Waals surface area contributed by atoms with Crippen LogP contribution in [0.25, 0.3) is 0 Å². The van der Waals surface area contributed by atoms with Crippen LogP contribution in [-0.2, 0) is 19.2 Å². The molecule has 0 bridgehead atoms. The number of thioether (sulfide) groups is 1. The van der Waals surface area contributed by atoms with Gasteiger partial charge in [-0.2, -0.15) is 0 Å². The number of phenolic OH excluding ortho intramolecular Hbond substituents is 1. The first-order chi connectivity index (χ1) is 13.5. The zero-order valence-corrected chi connectivity index (χ0v) is 16.6. The summed E-state index contributed by atoms with van der Waals surface area (Å²) >= 11 is 1.36. The first-order valence-corrected chi connectivity index (χ1v) is 9.75. The van der Waals surface area contributed by atoms with E-state index in [1.54, 1.807) is 13.8 Å². The average molecular weight is 422 g/mol. The van der Waals surface area contributed by atoms with E-state index < -0.39 is 58.5 Å². The number of hydrogen-bond donors (Lipinski definition) is 5. The molecule has 2 fully saturated rings. The molecule has 4 atom stereocenters. The van der Waals surface area contributed by atoms with E-state index in [0.29, 0.717) is 5.56 Å². The first-order valence-electron chi connectivity index (χ1n) is 8.87. The van der Waals surface area contributed by atoms with Crippen molar-refractivity contribution in [3.63, 3.8) is 0 Å². The van der Waals surface area contributed by atoms with Gasteiger partial charge in [0.05, 0.1) is 0 Å². The molecule has 0 unspecified atom stereocenters. The maximum absolute atomic E-state index is 12.7. The lowest BCUT2D eigenvalue weighted by atomic mass is 9.95. The van der Waals surface area contributed by atoms with Crippen LogP contribution in [0, 0.1) is 0 Å². The van der Waals surface area contributed by atoms with Gasteiger partial charge in [-0.1, -0.05) is 12.1 Å². The van der Waals surface area contributed by atoms with Gasteiger partial charge in [0.2, 0.25) is 17.7 Å². The summed E-state index contributed by atoms with van der Waals surface area (Å²) < 4.78 is -0.665. The number of carbonyl (C=O) groups excluding carboxylic acids is 3. The summed E-state index contributed by atoms with van der Waals surface area (Å²) in [5.74, 6) is -2.66. The van der Waals surface area contributed by atoms with Crippen molar-refractivity contribution in [2.75, 3.05) is 6.54 Å². The molecule has 0 saturated carbocycles. The Kier molecular flexibility index (Phi) is 5.46. The molecule has 6 N–H and O–H groups in total. The number of nitrogens with one attached hydrogen (secondary N) is 2. The van der Waals surface area contributed by atoms with Crippen LogP contribution in [0.3, 0.4) is 0 Å². The third-order valence-corrected chi connectivity index (χ3v) is 6.51. The number of β-lactam (4-membered cyclic amide) rings is 1. The van der Waals surface area contributed by atoms with Crippen LogP contribution in [-0.4, -0.2) is 67.6 Å². The molecular formula is C18H22N4O6S. The van der Waals surface area contributed by atoms with E-state index in [1.165, 1.54) is 40.9 Å². The van der Waals surface area contributed by atoms with Crippen molar-refractivity contribution in [3.05, 3.63) is 29.8 Å². The van der Waals surface area contributed by atoms with Gasteiger partial charge in [-0.15, -0.1) is 11.8 Å². The van der Waals surface area contributed by atoms with Crippen LogP contribution in [0.1, 0.15) is 25.5 Å². The fraction of sp³-hybridized carbons (Fsp3) is 0.444. The second kappa shape index (κ2) is 7.56. The fourth-order valence-electron chi connectivity index (χ4n) is 3.51. The lowest BCUT2D eigenvalue weighted by Crippen LogP contribution is -2.71. The van der Waals surface area contributed by atoms with Gasteiger partial charge >= 0.3 is 5.97 Å². The van der Waals surface area contributed by atoms with Gasteiger partial charge in [-0.05, 0) is 31.5 Å². The largest absolute Gasteiger partial charge is 0.508 e. The monoisotopic (exact) mass is 422 g/mol. The summed E-state index contributed by atoms with van der Waals surface area (Å²) in [7, 11) is 0. The highest BCUT2D eigenvalue weighted by Crippen LogP contribution is 2.50. The van der Waals surface area contributed by atoms with Gasteiger partial charge in [0.25, 0.3) is 0 Å². The molecule has 2 saturated heterocycles. The van der Waals surface area contributed by atoms with E-state index in [1.807, 2.05) is 0 Å². The number of benzene rings is 1. The summed E-state index contributed by atoms with van der Waals surface area (Å²) in [5, 5.41) is 22.6. The van der Waals surface area contributed by atoms with E-state index in [4.69, 9.17) is 10.8 Å². The molecule has 2 heterocycles. The molecule has 2 aliphatic rings. The normalized spacial score (nSPS) is 25.6. The van der Waals surface area contributed by atoms with Crippen LogP contribution < -0.4 is 16.4 Å². The number of rotatable bonds is 6. The Bertz CT molecular complexity index is 858. The van der Waals surface area contributed by atoms with Crippen LogP contribution in [0.15, 0.2) is 24.3 Å². The maximum Gasteiger partial charge on any atom is 0.322 e. The molecule has 10 nitrogen and oxygen atoms in total. The molecule has 0 aliphatic carbocycles. The molecule has 1 aromatic rings. The summed E-state index contributed by atoms with van der Waals surface area (Å²) in [6.45, 7) is 3.04. The van der Waals surface area contributed by atoms with Crippen molar-refractivity contribution in [1.29, 1.82) is 0 Å². The third-order valence-electron chi connectivity index (χ3n) is 4.94. The van der Waals surface area contributed by atoms with Crippen LogP contribution in [0.5, 0.6) is 5.75 Å². The topological polar surface area (TPSA) is 162 Å². The van der Waals surface area contributed by atoms with Crippen molar-refractivity contribution in [3.8, 4) is 5.75 Å². The number of nitrogens with two attached hydrogens (primary N) is 1. The fourth-order valence-corrected chi connectivity index (χ4v) is 5.14. The number of nitrogens with zero attached hydrogens (tertiary/aromatic N) is 1. The smallest absolute Gasteiger partial charge is 0.322 e. The lowest BCUT2D eigenvalue weighted by molar-refractivity contribution is -0.155. The van der Waals surface area contributed by atoms with E-state index >= 15 is 0 Å². The summed E-state index contributed by atoms with van der Waals surface area (Å²) in [6, 6.07) is 3.17. The van der Waals surface area contributed by atoms with E-state index in [0.717, 1.165) is 0 Å². The van der Waals surface area contributed by atoms with E-state index in [2.05, 4.69) is 10.6 Å². The molecule has 1 aromatic carbocycles. The molecule has 156 valence electrons. The quantitative estimate of drug-likeness (QED) is 0.370. The summed E-state index contributed by atoms with van der Waals surface area (Å²) in [4.78, 5) is 49.7. The number of carboxylic acid groups (broad SMARTS) is 1. The minimum atomic E-state index is -1.18. The number of amides is 3. The second-order valence-corrected chi connectivity index (χ2v) is 9.20. The average Bonchev–Trinajstić information content (AvgIpc) is 2.92. The van der Waals surface area contributed by atoms with Gasteiger partial charge in [-0.25, -0.2) is 0 Å². The highest BCUT2D eigenvalue weighted by Gasteiger charge is 2.64. The van der Waals surface area contributed by atoms with Gasteiger partial charge in [0.15, 0.2) is 0 Å². The number of carboxylic acids is 1. The van der Waals surface area contributed by atoms with Crippen molar-refractivity contribution >= 4 is 35.5 Å². The summed E-state index contributed by atoms with van der Waals surface area (Å²) in [6.07, 6.45) is 0. The zero-order valence-electron chi connectivity index (χ0n) is 15.8. The van der Waals surface area contributed by atoms with E-state index in [9.17, 15) is 24.3 Å². The van der Waals surface area contributed by atoms with Crippen LogP contribution in [0.2, 0.25) is 0 Å². The zero-order chi connectivity index (χ0) is 21.5. The standard InChI is InChI=1S/C18H22N4O6S/c1-18(2)13(15(27)20-7-10(24)25)22-16(28)12(17(22)29-18)21-14(26)11(19)8-3-5-9(23)6-4-8/h3-6,11-13,17,23H,7,19H2,1-2H3,(H,20,27)(H,21,26)(H,24,25)/t11-,12-,13+,17-/m1/s1. The number of phenols is 1. The SMILES string of the molecule is CC1(C)S[C@@H]2[C@H](NC(=O)[C@H](N)c3ccc(O)cc3)C(=O)N2[C@H]1C(=O)NCC(=O)O. The van der Waals surface area contributed by atoms with Crippen molar-refractivity contribution < 1.29 is 29.4 Å². The highest BCUT2D eigenvalue weighted by atomic mass is 32.2. The lowest BCUT2D eigenvalue weighted by Gasteiger charge is -2.44. The van der Waals surface area contributed by atoms with Crippen molar-refractivity contribution in [2.45, 2.75) is 42.1 Å². The Balaban J connectivity index is 1.68. The molecule has 3 amide bonds. The Labute approximate surface area is 170 Å². The third kappa shape index (κ3) is 3.87. The Hall–Kier alpha value is -2.79. The Morgan fingerprint density at radius 3 is 2.48 bits per heavy atom. The molecule has 0 spiro atoms. The van der Waals surface area contributed by atoms with Crippen LogP contribution >= 0.6 is 11.8 Å². The highest BCUT2D eigenvalue weighted by molar-refractivity contribution is 8.01. The maximum atomic E-state index is 12.7. The number of aromatic hydroxyl groups is 1. The second-order valence-electron chi connectivity index (χ2n) is 7.43. The molecule has 3 rings (SSSR count). The van der Waals surface area contributed by atoms with Gasteiger partial charge in [0.1, 0.15) is 35.8 Å². The minimum absolute atomic E-state index is 0.0444. The number of hydrogen-bond acceptors (Lipinski definition) is 7. The van der Waals surface area contributed by atoms with Gasteiger partial charge in [0, 0.05) is 4.75 Å². The molecule has 0 aromatic heterocycles. The molecular weight excluding hydrogens is 400 g/mol. The number of carbonyl (C=O) groups is 4. The molecule has 29 heavy (non-hydrogen) atoms. The Morgan fingerprint density at radius 2 is 1.90 bits per heavy atom. The minimum Gasteiger partial charge on any atom is -0.508 e. The first kappa shape index (κ1) is 20.9. The predicted molar refractivity (Wildman–Crippen MR) is 104 cm³/mol. The van der Waals surface area contributed by atoms with Crippen molar-refractivity contribution in [1.82, 2.24) is 15.5 Å². The van der Waals surface area contributed by atoms with Gasteiger partial charge < -0.3 is 31.5 Å². The van der Waals surface area contributed by atoms with E-state index in [-0.39, 0.29) is 5.75 Å². The Morgan fingerprint density at radius 1 is 1.28 bits per heavy atom. The number of aliphatic carboxylic acids is 1. The molecule has 2 aliphatic heterocycles.